The van der Waals surface area contributed by atoms with Gasteiger partial charge in [-0.15, -0.1) is 0 Å². The van der Waals surface area contributed by atoms with Crippen LogP contribution in [0.1, 0.15) is 86.6 Å². The van der Waals surface area contributed by atoms with E-state index in [0.29, 0.717) is 38.8 Å². The number of hydrogen-bond donors (Lipinski definition) is 4. The topological polar surface area (TPSA) is 195 Å². The van der Waals surface area contributed by atoms with Gasteiger partial charge in [-0.1, -0.05) is 85.7 Å². The first-order chi connectivity index (χ1) is 26.7. The number of nitrogens with one attached hydrogen (secondary N) is 3. The van der Waals surface area contributed by atoms with Crippen LogP contribution in [0.2, 0.25) is 0 Å². The lowest BCUT2D eigenvalue weighted by Gasteiger charge is -2.39. The molecule has 0 radical (unpaired) electrons. The van der Waals surface area contributed by atoms with Crippen LogP contribution in [0, 0.1) is 23.7 Å². The summed E-state index contributed by atoms with van der Waals surface area (Å²) in [6.45, 7) is 15.4. The highest BCUT2D eigenvalue weighted by molar-refractivity contribution is 5.98. The molecule has 2 saturated heterocycles. The molecular formula is C42H68N8O7. The van der Waals surface area contributed by atoms with Crippen molar-refractivity contribution in [2.24, 2.45) is 29.4 Å². The molecule has 0 aliphatic carbocycles. The lowest BCUT2D eigenvalue weighted by Crippen LogP contribution is -2.61. The maximum absolute atomic E-state index is 14.4. The number of carbonyl (C=O) groups excluding carboxylic acids is 7. The van der Waals surface area contributed by atoms with E-state index < -0.39 is 65.9 Å². The Balaban J connectivity index is 1.76. The molecule has 0 saturated carbocycles. The zero-order chi connectivity index (χ0) is 42.9. The average molecular weight is 797 g/mol. The van der Waals surface area contributed by atoms with E-state index in [4.69, 9.17) is 5.73 Å². The molecule has 7 amide bonds. The van der Waals surface area contributed by atoms with Crippen LogP contribution in [-0.2, 0) is 40.0 Å². The molecule has 2 heterocycles. The van der Waals surface area contributed by atoms with Crippen LogP contribution in [0.4, 0.5) is 0 Å². The molecule has 1 aromatic rings. The number of carbonyl (C=O) groups is 7. The van der Waals surface area contributed by atoms with Crippen LogP contribution >= 0.6 is 0 Å². The van der Waals surface area contributed by atoms with E-state index in [0.717, 1.165) is 5.56 Å². The van der Waals surface area contributed by atoms with E-state index in [1.807, 2.05) is 90.9 Å². The van der Waals surface area contributed by atoms with Gasteiger partial charge in [0.25, 0.3) is 0 Å². The van der Waals surface area contributed by atoms with Gasteiger partial charge in [-0.2, -0.15) is 0 Å². The van der Waals surface area contributed by atoms with E-state index in [2.05, 4.69) is 16.0 Å². The summed E-state index contributed by atoms with van der Waals surface area (Å²) in [4.78, 5) is 102. The van der Waals surface area contributed by atoms with Gasteiger partial charge in [-0.05, 0) is 69.0 Å². The minimum atomic E-state index is -1.00. The predicted molar refractivity (Wildman–Crippen MR) is 218 cm³/mol. The van der Waals surface area contributed by atoms with Gasteiger partial charge in [-0.3, -0.25) is 38.5 Å². The lowest BCUT2D eigenvalue weighted by atomic mass is 9.96. The highest BCUT2D eigenvalue weighted by Gasteiger charge is 2.46. The maximum Gasteiger partial charge on any atom is 0.246 e. The molecule has 1 aromatic carbocycles. The lowest BCUT2D eigenvalue weighted by molar-refractivity contribution is -0.153. The Morgan fingerprint density at radius 1 is 0.684 bits per heavy atom. The SMILES string of the molecule is CC(C)[C@H](NC(=O)[C@@H]1CCCN1C(=O)[C@@H]1CCCN1C(=O)[C@H](C(C)C)N(C)C(=O)[C@@H](NC(=O)[C@H](C(C)C)N(C)C)C(C)C)C(=O)N[C@@H](Cc1ccccc1)C(N)=O. The fourth-order valence-corrected chi connectivity index (χ4v) is 8.21. The molecule has 2 aliphatic rings. The number of amides is 7. The van der Waals surface area contributed by atoms with Crippen molar-refractivity contribution in [1.29, 1.82) is 0 Å². The normalized spacial score (nSPS) is 19.7. The smallest absolute Gasteiger partial charge is 0.246 e. The highest BCUT2D eigenvalue weighted by atomic mass is 16.2. The van der Waals surface area contributed by atoms with Crippen molar-refractivity contribution in [1.82, 2.24) is 35.6 Å². The Hall–Kier alpha value is -4.53. The van der Waals surface area contributed by atoms with Gasteiger partial charge in [0.05, 0.1) is 6.04 Å². The third-order valence-corrected chi connectivity index (χ3v) is 11.2. The molecule has 0 spiro atoms. The Labute approximate surface area is 339 Å². The minimum Gasteiger partial charge on any atom is -0.368 e. The van der Waals surface area contributed by atoms with E-state index in [9.17, 15) is 33.6 Å². The summed E-state index contributed by atoms with van der Waals surface area (Å²) in [6.07, 6.45) is 2.09. The second kappa shape index (κ2) is 20.8. The zero-order valence-electron chi connectivity index (χ0n) is 35.9. The molecule has 0 unspecified atom stereocenters. The van der Waals surface area contributed by atoms with Crippen LogP contribution in [0.25, 0.3) is 0 Å². The third-order valence-electron chi connectivity index (χ3n) is 11.2. The van der Waals surface area contributed by atoms with Crippen LogP contribution in [0.5, 0.6) is 0 Å². The van der Waals surface area contributed by atoms with Crippen molar-refractivity contribution in [3.63, 3.8) is 0 Å². The molecule has 3 rings (SSSR count). The van der Waals surface area contributed by atoms with Crippen LogP contribution in [0.3, 0.4) is 0 Å². The van der Waals surface area contributed by atoms with Crippen LogP contribution < -0.4 is 21.7 Å². The summed E-state index contributed by atoms with van der Waals surface area (Å²) in [6, 6.07) is 3.22. The van der Waals surface area contributed by atoms with Crippen molar-refractivity contribution >= 4 is 41.4 Å². The van der Waals surface area contributed by atoms with E-state index in [-0.39, 0.29) is 47.8 Å². The molecule has 2 fully saturated rings. The maximum atomic E-state index is 14.4. The van der Waals surface area contributed by atoms with Crippen molar-refractivity contribution < 1.29 is 33.6 Å². The van der Waals surface area contributed by atoms with Crippen LogP contribution in [0.15, 0.2) is 30.3 Å². The average Bonchev–Trinajstić information content (AvgIpc) is 3.83. The summed E-state index contributed by atoms with van der Waals surface area (Å²) < 4.78 is 0. The van der Waals surface area contributed by atoms with Gasteiger partial charge in [0.2, 0.25) is 41.4 Å². The van der Waals surface area contributed by atoms with Gasteiger partial charge in [-0.25, -0.2) is 0 Å². The first-order valence-corrected chi connectivity index (χ1v) is 20.5. The fourth-order valence-electron chi connectivity index (χ4n) is 8.21. The first-order valence-electron chi connectivity index (χ1n) is 20.5. The number of likely N-dealkylation sites (tertiary alicyclic amines) is 2. The summed E-state index contributed by atoms with van der Waals surface area (Å²) in [5.74, 6) is -4.07. The Bertz CT molecular complexity index is 1570. The number of hydrogen-bond acceptors (Lipinski definition) is 8. The highest BCUT2D eigenvalue weighted by Crippen LogP contribution is 2.28. The van der Waals surface area contributed by atoms with E-state index in [1.165, 1.54) is 14.7 Å². The number of primary amides is 1. The molecule has 15 nitrogen and oxygen atoms in total. The van der Waals surface area contributed by atoms with E-state index >= 15 is 0 Å². The number of likely N-dealkylation sites (N-methyl/N-ethyl adjacent to an activating group) is 2. The summed E-state index contributed by atoms with van der Waals surface area (Å²) in [7, 11) is 5.21. The number of nitrogens with two attached hydrogens (primary N) is 1. The predicted octanol–water partition coefficient (Wildman–Crippen LogP) is 1.53. The molecule has 0 aromatic heterocycles. The molecular weight excluding hydrogens is 729 g/mol. The van der Waals surface area contributed by atoms with Crippen LogP contribution in [-0.4, -0.2) is 137 Å². The quantitative estimate of drug-likeness (QED) is 0.172. The van der Waals surface area contributed by atoms with Gasteiger partial charge < -0.3 is 36.4 Å². The summed E-state index contributed by atoms with van der Waals surface area (Å²) in [5.41, 5.74) is 6.45. The first kappa shape index (κ1) is 46.8. The molecule has 2 aliphatic heterocycles. The second-order valence-corrected chi connectivity index (χ2v) is 17.3. The summed E-state index contributed by atoms with van der Waals surface area (Å²) in [5, 5.41) is 8.49. The molecule has 15 heteroatoms. The Morgan fingerprint density at radius 3 is 1.74 bits per heavy atom. The number of nitrogens with zero attached hydrogens (tertiary/aromatic N) is 4. The molecule has 318 valence electrons. The van der Waals surface area contributed by atoms with Crippen molar-refractivity contribution in [3.8, 4) is 0 Å². The molecule has 57 heavy (non-hydrogen) atoms. The largest absolute Gasteiger partial charge is 0.368 e. The fraction of sp³-hybridized carbons (Fsp3) is 0.690. The van der Waals surface area contributed by atoms with Gasteiger partial charge >= 0.3 is 0 Å². The van der Waals surface area contributed by atoms with Gasteiger partial charge in [0.1, 0.15) is 36.3 Å². The monoisotopic (exact) mass is 797 g/mol. The van der Waals surface area contributed by atoms with Crippen molar-refractivity contribution in [3.05, 3.63) is 35.9 Å². The van der Waals surface area contributed by atoms with E-state index in [1.54, 1.807) is 20.9 Å². The molecule has 0 bridgehead atoms. The number of benzene rings is 1. The Kier molecular flexibility index (Phi) is 17.1. The van der Waals surface area contributed by atoms with Gasteiger partial charge in [0.15, 0.2) is 0 Å². The third kappa shape index (κ3) is 11.8. The van der Waals surface area contributed by atoms with Crippen molar-refractivity contribution in [2.45, 2.75) is 130 Å². The number of rotatable bonds is 18. The molecule has 7 atom stereocenters. The second-order valence-electron chi connectivity index (χ2n) is 17.3. The Morgan fingerprint density at radius 2 is 1.23 bits per heavy atom. The van der Waals surface area contributed by atoms with Gasteiger partial charge in [0, 0.05) is 26.6 Å². The minimum absolute atomic E-state index is 0.00103. The standard InChI is InChI=1S/C42H68N8O7/c1-24(2)32(38(53)44-29(36(43)51)23-28-17-13-12-14-18-28)45-37(52)30-19-15-21-49(30)40(55)31-20-16-22-50(31)42(57)35(27(7)8)48(11)41(56)33(25(3)4)46-39(54)34(26(5)6)47(9)10/h12-14,17-18,24-27,29-35H,15-16,19-23H2,1-11H3,(H2,43,51)(H,44,53)(H,45,52)(H,46,54)/t29-,30-,31-,32-,33-,34-,35-/m0/s1. The zero-order valence-corrected chi connectivity index (χ0v) is 35.9. The molecule has 5 N–H and O–H groups in total. The van der Waals surface area contributed by atoms with Crippen molar-refractivity contribution in [2.75, 3.05) is 34.2 Å². The summed E-state index contributed by atoms with van der Waals surface area (Å²) >= 11 is 0.